The van der Waals surface area contributed by atoms with Crippen molar-refractivity contribution in [3.8, 4) is 0 Å². The predicted octanol–water partition coefficient (Wildman–Crippen LogP) is 2.60. The van der Waals surface area contributed by atoms with E-state index in [1.54, 1.807) is 6.07 Å². The summed E-state index contributed by atoms with van der Waals surface area (Å²) in [6.07, 6.45) is 1.43. The minimum atomic E-state index is -0.454. The number of halogens is 1. The summed E-state index contributed by atoms with van der Waals surface area (Å²) in [7, 11) is 0. The van der Waals surface area contributed by atoms with Gasteiger partial charge in [-0.2, -0.15) is 5.10 Å². The number of morpholine rings is 1. The van der Waals surface area contributed by atoms with Crippen LogP contribution in [-0.2, 0) is 9.53 Å². The van der Waals surface area contributed by atoms with Crippen LogP contribution < -0.4 is 15.6 Å². The van der Waals surface area contributed by atoms with Crippen molar-refractivity contribution in [2.24, 2.45) is 5.10 Å². The van der Waals surface area contributed by atoms with Crippen molar-refractivity contribution in [2.45, 2.75) is 0 Å². The number of nitro benzene ring substituents is 1. The maximum atomic E-state index is 12.0. The van der Waals surface area contributed by atoms with E-state index in [9.17, 15) is 14.9 Å². The largest absolute Gasteiger partial charge is 0.378 e. The lowest BCUT2D eigenvalue weighted by molar-refractivity contribution is -0.384. The van der Waals surface area contributed by atoms with Gasteiger partial charge in [-0.05, 0) is 52.9 Å². The van der Waals surface area contributed by atoms with Gasteiger partial charge in [-0.25, -0.2) is 5.43 Å². The highest BCUT2D eigenvalue weighted by atomic mass is 127. The molecule has 0 unspecified atom stereocenters. The fraction of sp³-hybridized carbons (Fsp3) is 0.263. The number of ether oxygens (including phenoxy) is 1. The van der Waals surface area contributed by atoms with Gasteiger partial charge in [-0.3, -0.25) is 14.9 Å². The van der Waals surface area contributed by atoms with Gasteiger partial charge in [0.1, 0.15) is 0 Å². The highest BCUT2D eigenvalue weighted by Gasteiger charge is 2.17. The van der Waals surface area contributed by atoms with E-state index in [4.69, 9.17) is 4.74 Å². The van der Waals surface area contributed by atoms with Crippen LogP contribution in [0.15, 0.2) is 47.6 Å². The number of hydrazone groups is 1. The Bertz CT molecular complexity index is 898. The zero-order valence-electron chi connectivity index (χ0n) is 15.5. The first-order valence-electron chi connectivity index (χ1n) is 8.95. The van der Waals surface area contributed by atoms with Crippen LogP contribution in [0.25, 0.3) is 0 Å². The molecule has 2 aromatic carbocycles. The third-order valence-electron chi connectivity index (χ3n) is 4.26. The van der Waals surface area contributed by atoms with Gasteiger partial charge < -0.3 is 15.0 Å². The fourth-order valence-electron chi connectivity index (χ4n) is 2.81. The number of non-ortho nitro benzene ring substituents is 1. The molecule has 1 aliphatic heterocycles. The Hall–Kier alpha value is -2.73. The van der Waals surface area contributed by atoms with E-state index in [1.807, 2.05) is 24.3 Å². The summed E-state index contributed by atoms with van der Waals surface area (Å²) in [4.78, 5) is 24.7. The molecule has 152 valence electrons. The molecule has 0 spiro atoms. The number of benzene rings is 2. The molecule has 0 atom stereocenters. The standard InChI is InChI=1S/C19H20IN5O4/c20-15-1-3-16(4-2-15)21-13-19(26)23-22-12-14-11-17(25(27)28)5-6-18(14)24-7-9-29-10-8-24/h1-6,11-12,21H,7-10,13H2,(H,23,26)/b22-12-. The SMILES string of the molecule is O=C(CNc1ccc(I)cc1)N/N=C\c1cc([N+](=O)[O-])ccc1N1CCOCC1. The second kappa shape index (κ2) is 10.2. The number of nitrogens with zero attached hydrogens (tertiary/aromatic N) is 3. The predicted molar refractivity (Wildman–Crippen MR) is 120 cm³/mol. The van der Waals surface area contributed by atoms with Crippen molar-refractivity contribution in [3.05, 3.63) is 61.7 Å². The summed E-state index contributed by atoms with van der Waals surface area (Å²) < 4.78 is 6.46. The van der Waals surface area contributed by atoms with E-state index >= 15 is 0 Å². The van der Waals surface area contributed by atoms with Gasteiger partial charge in [0.15, 0.2) is 0 Å². The van der Waals surface area contributed by atoms with E-state index in [0.717, 1.165) is 14.9 Å². The Morgan fingerprint density at radius 3 is 2.66 bits per heavy atom. The summed E-state index contributed by atoms with van der Waals surface area (Å²) in [5, 5.41) is 18.1. The van der Waals surface area contributed by atoms with Crippen molar-refractivity contribution in [1.29, 1.82) is 0 Å². The third-order valence-corrected chi connectivity index (χ3v) is 4.98. The Kier molecular flexibility index (Phi) is 7.36. The molecule has 0 aliphatic carbocycles. The third kappa shape index (κ3) is 6.12. The normalized spacial score (nSPS) is 14.0. The molecule has 1 aliphatic rings. The second-order valence-corrected chi connectivity index (χ2v) is 7.50. The highest BCUT2D eigenvalue weighted by molar-refractivity contribution is 14.1. The summed E-state index contributed by atoms with van der Waals surface area (Å²) >= 11 is 2.21. The molecule has 3 rings (SSSR count). The number of amides is 1. The molecular weight excluding hydrogens is 489 g/mol. The van der Waals surface area contributed by atoms with E-state index in [-0.39, 0.29) is 18.1 Å². The van der Waals surface area contributed by atoms with Gasteiger partial charge in [0.25, 0.3) is 11.6 Å². The first-order chi connectivity index (χ1) is 14.0. The van der Waals surface area contributed by atoms with Crippen molar-refractivity contribution >= 4 is 51.8 Å². The van der Waals surface area contributed by atoms with Gasteiger partial charge >= 0.3 is 0 Å². The first-order valence-corrected chi connectivity index (χ1v) is 10.0. The molecule has 10 heteroatoms. The van der Waals surface area contributed by atoms with Crippen LogP contribution in [0.1, 0.15) is 5.56 Å². The Morgan fingerprint density at radius 2 is 1.97 bits per heavy atom. The Labute approximate surface area is 181 Å². The Balaban J connectivity index is 1.64. The summed E-state index contributed by atoms with van der Waals surface area (Å²) in [5.74, 6) is -0.321. The van der Waals surface area contributed by atoms with Crippen LogP contribution in [0.5, 0.6) is 0 Å². The van der Waals surface area contributed by atoms with Gasteiger partial charge in [0, 0.05) is 45.7 Å². The molecule has 0 radical (unpaired) electrons. The van der Waals surface area contributed by atoms with Gasteiger partial charge in [0.2, 0.25) is 0 Å². The van der Waals surface area contributed by atoms with E-state index < -0.39 is 4.92 Å². The average molecular weight is 509 g/mol. The van der Waals surface area contributed by atoms with Gasteiger partial charge in [-0.1, -0.05) is 0 Å². The van der Waals surface area contributed by atoms with Crippen LogP contribution in [0.2, 0.25) is 0 Å². The number of carbonyl (C=O) groups excluding carboxylic acids is 1. The van der Waals surface area contributed by atoms with Crippen LogP contribution >= 0.6 is 22.6 Å². The summed E-state index contributed by atoms with van der Waals surface area (Å²) in [6.45, 7) is 2.61. The molecule has 9 nitrogen and oxygen atoms in total. The zero-order chi connectivity index (χ0) is 20.6. The lowest BCUT2D eigenvalue weighted by Gasteiger charge is -2.29. The highest BCUT2D eigenvalue weighted by Crippen LogP contribution is 2.25. The minimum absolute atomic E-state index is 0.0323. The first kappa shape index (κ1) is 21.0. The van der Waals surface area contributed by atoms with Gasteiger partial charge in [0.05, 0.1) is 30.9 Å². The van der Waals surface area contributed by atoms with E-state index in [2.05, 4.69) is 43.3 Å². The number of rotatable bonds is 7. The topological polar surface area (TPSA) is 109 Å². The number of nitro groups is 1. The number of nitrogens with one attached hydrogen (secondary N) is 2. The van der Waals surface area contributed by atoms with Crippen molar-refractivity contribution in [3.63, 3.8) is 0 Å². The number of anilines is 2. The average Bonchev–Trinajstić information content (AvgIpc) is 2.74. The van der Waals surface area contributed by atoms with E-state index in [1.165, 1.54) is 18.3 Å². The maximum Gasteiger partial charge on any atom is 0.270 e. The molecule has 2 aromatic rings. The minimum Gasteiger partial charge on any atom is -0.378 e. The number of carbonyl (C=O) groups is 1. The number of hydrogen-bond acceptors (Lipinski definition) is 7. The lowest BCUT2D eigenvalue weighted by Crippen LogP contribution is -2.36. The van der Waals surface area contributed by atoms with Crippen molar-refractivity contribution < 1.29 is 14.5 Å². The smallest absolute Gasteiger partial charge is 0.270 e. The van der Waals surface area contributed by atoms with Crippen molar-refractivity contribution in [2.75, 3.05) is 43.1 Å². The van der Waals surface area contributed by atoms with Crippen LogP contribution in [0.3, 0.4) is 0 Å². The summed E-state index contributed by atoms with van der Waals surface area (Å²) in [6, 6.07) is 12.3. The van der Waals surface area contributed by atoms with Crippen molar-refractivity contribution in [1.82, 2.24) is 5.43 Å². The number of hydrogen-bond donors (Lipinski definition) is 2. The van der Waals surface area contributed by atoms with Crippen LogP contribution in [-0.4, -0.2) is 49.9 Å². The fourth-order valence-corrected chi connectivity index (χ4v) is 3.17. The lowest BCUT2D eigenvalue weighted by atomic mass is 10.1. The van der Waals surface area contributed by atoms with Crippen LogP contribution in [0.4, 0.5) is 17.1 Å². The molecule has 29 heavy (non-hydrogen) atoms. The molecule has 1 amide bonds. The molecule has 0 bridgehead atoms. The molecule has 1 saturated heterocycles. The second-order valence-electron chi connectivity index (χ2n) is 6.25. The summed E-state index contributed by atoms with van der Waals surface area (Å²) in [5.41, 5.74) is 4.62. The monoisotopic (exact) mass is 509 g/mol. The molecule has 0 aromatic heterocycles. The Morgan fingerprint density at radius 1 is 1.24 bits per heavy atom. The maximum absolute atomic E-state index is 12.0. The van der Waals surface area contributed by atoms with Crippen LogP contribution in [0, 0.1) is 13.7 Å². The molecule has 1 heterocycles. The molecule has 2 N–H and O–H groups in total. The quantitative estimate of drug-likeness (QED) is 0.257. The van der Waals surface area contributed by atoms with Gasteiger partial charge in [-0.15, -0.1) is 0 Å². The zero-order valence-corrected chi connectivity index (χ0v) is 17.7. The molecule has 0 saturated carbocycles. The molecular formula is C19H20IN5O4. The van der Waals surface area contributed by atoms with E-state index in [0.29, 0.717) is 31.9 Å². The molecule has 1 fully saturated rings.